The molecule has 2 aromatic carbocycles. The van der Waals surface area contributed by atoms with Gasteiger partial charge >= 0.3 is 0 Å². The van der Waals surface area contributed by atoms with Crippen molar-refractivity contribution in [2.75, 3.05) is 12.4 Å². The molecule has 4 rings (SSSR count). The number of carbonyl (C=O) groups is 1. The molecule has 114 valence electrons. The zero-order valence-corrected chi connectivity index (χ0v) is 13.1. The predicted octanol–water partition coefficient (Wildman–Crippen LogP) is 4.32. The minimum atomic E-state index is -0.125. The van der Waals surface area contributed by atoms with Crippen LogP contribution in [0.2, 0.25) is 5.02 Å². The van der Waals surface area contributed by atoms with Crippen molar-refractivity contribution in [2.24, 2.45) is 0 Å². The van der Waals surface area contributed by atoms with Gasteiger partial charge in [0.25, 0.3) is 5.91 Å². The van der Waals surface area contributed by atoms with Gasteiger partial charge in [0.1, 0.15) is 5.75 Å². The smallest absolute Gasteiger partial charge is 0.256 e. The lowest BCUT2D eigenvalue weighted by molar-refractivity contribution is -0.110. The van der Waals surface area contributed by atoms with Crippen LogP contribution < -0.4 is 10.1 Å². The quantitative estimate of drug-likeness (QED) is 0.690. The first-order chi connectivity index (χ1) is 11.2. The van der Waals surface area contributed by atoms with E-state index in [1.165, 1.54) is 0 Å². The summed E-state index contributed by atoms with van der Waals surface area (Å²) in [5.41, 5.74) is 4.12. The highest BCUT2D eigenvalue weighted by Crippen LogP contribution is 2.36. The van der Waals surface area contributed by atoms with Gasteiger partial charge in [-0.3, -0.25) is 4.79 Å². The highest BCUT2D eigenvalue weighted by atomic mass is 35.5. The van der Waals surface area contributed by atoms with Crippen LogP contribution in [0.15, 0.2) is 42.6 Å². The molecule has 4 nitrogen and oxygen atoms in total. The number of nitrogens with one attached hydrogen (secondary N) is 2. The fraction of sp³-hybridized carbons (Fsp3) is 0.0556. The van der Waals surface area contributed by atoms with E-state index in [0.717, 1.165) is 33.5 Å². The Morgan fingerprint density at radius 1 is 1.17 bits per heavy atom. The maximum atomic E-state index is 12.3. The maximum Gasteiger partial charge on any atom is 0.256 e. The van der Waals surface area contributed by atoms with E-state index in [1.807, 2.05) is 36.5 Å². The standard InChI is InChI=1S/C18H13ClN2O2/c1-23-12-3-5-16-13(8-12)10(9-20-16)6-15-14-7-11(19)2-4-17(14)21-18(15)22/h2-9,20H,1H3,(H,21,22)/b15-6+. The molecular weight excluding hydrogens is 312 g/mol. The molecule has 2 heterocycles. The largest absolute Gasteiger partial charge is 0.497 e. The van der Waals surface area contributed by atoms with Gasteiger partial charge in [0.15, 0.2) is 0 Å². The van der Waals surface area contributed by atoms with Crippen LogP contribution >= 0.6 is 11.6 Å². The number of aromatic nitrogens is 1. The van der Waals surface area contributed by atoms with Gasteiger partial charge in [0.2, 0.25) is 0 Å². The van der Waals surface area contributed by atoms with Gasteiger partial charge in [0.05, 0.1) is 7.11 Å². The van der Waals surface area contributed by atoms with Crippen LogP contribution in [0.4, 0.5) is 5.69 Å². The number of H-pyrrole nitrogens is 1. The Bertz CT molecular complexity index is 972. The van der Waals surface area contributed by atoms with Crippen LogP contribution in [0.25, 0.3) is 22.6 Å². The molecule has 0 fully saturated rings. The third kappa shape index (κ3) is 2.28. The summed E-state index contributed by atoms with van der Waals surface area (Å²) in [6.45, 7) is 0. The zero-order valence-electron chi connectivity index (χ0n) is 12.3. The minimum Gasteiger partial charge on any atom is -0.497 e. The van der Waals surface area contributed by atoms with Gasteiger partial charge < -0.3 is 15.0 Å². The number of anilines is 1. The summed E-state index contributed by atoms with van der Waals surface area (Å²) >= 11 is 6.06. The average molecular weight is 325 g/mol. The molecule has 1 aliphatic rings. The van der Waals surface area contributed by atoms with Crippen LogP contribution in [0.1, 0.15) is 11.1 Å². The number of halogens is 1. The molecule has 0 spiro atoms. The third-order valence-corrected chi connectivity index (χ3v) is 4.22. The van der Waals surface area contributed by atoms with E-state index in [4.69, 9.17) is 16.3 Å². The average Bonchev–Trinajstić information content (AvgIpc) is 3.09. The zero-order chi connectivity index (χ0) is 16.0. The first-order valence-electron chi connectivity index (χ1n) is 7.14. The normalized spacial score (nSPS) is 15.0. The van der Waals surface area contributed by atoms with Crippen molar-refractivity contribution >= 4 is 45.7 Å². The molecule has 23 heavy (non-hydrogen) atoms. The Balaban J connectivity index is 1.88. The number of aromatic amines is 1. The van der Waals surface area contributed by atoms with Crippen molar-refractivity contribution in [1.82, 2.24) is 4.98 Å². The summed E-state index contributed by atoms with van der Waals surface area (Å²) in [7, 11) is 1.63. The number of methoxy groups -OCH3 is 1. The number of ether oxygens (including phenoxy) is 1. The van der Waals surface area contributed by atoms with Crippen LogP contribution in [-0.2, 0) is 4.79 Å². The summed E-state index contributed by atoms with van der Waals surface area (Å²) in [4.78, 5) is 15.5. The molecule has 1 amide bonds. The second-order valence-electron chi connectivity index (χ2n) is 5.36. The molecule has 0 unspecified atom stereocenters. The van der Waals surface area contributed by atoms with Crippen molar-refractivity contribution in [1.29, 1.82) is 0 Å². The van der Waals surface area contributed by atoms with Crippen LogP contribution in [0.5, 0.6) is 5.75 Å². The van der Waals surface area contributed by atoms with Crippen molar-refractivity contribution in [3.63, 3.8) is 0 Å². The molecule has 0 bridgehead atoms. The van der Waals surface area contributed by atoms with E-state index in [9.17, 15) is 4.79 Å². The summed E-state index contributed by atoms with van der Waals surface area (Å²) in [6.07, 6.45) is 3.75. The second-order valence-corrected chi connectivity index (χ2v) is 5.79. The van der Waals surface area contributed by atoms with Crippen molar-refractivity contribution in [3.8, 4) is 5.75 Å². The Hall–Kier alpha value is -2.72. The van der Waals surface area contributed by atoms with Gasteiger partial charge in [-0.15, -0.1) is 0 Å². The Labute approximate surface area is 137 Å². The monoisotopic (exact) mass is 324 g/mol. The molecule has 0 radical (unpaired) electrons. The highest BCUT2D eigenvalue weighted by Gasteiger charge is 2.24. The highest BCUT2D eigenvalue weighted by molar-refractivity contribution is 6.37. The van der Waals surface area contributed by atoms with E-state index in [0.29, 0.717) is 10.6 Å². The van der Waals surface area contributed by atoms with Gasteiger partial charge in [-0.2, -0.15) is 0 Å². The fourth-order valence-corrected chi connectivity index (χ4v) is 3.00. The van der Waals surface area contributed by atoms with E-state index in [2.05, 4.69) is 10.3 Å². The van der Waals surface area contributed by atoms with Crippen LogP contribution in [0, 0.1) is 0 Å². The number of hydrogen-bond donors (Lipinski definition) is 2. The summed E-state index contributed by atoms with van der Waals surface area (Å²) < 4.78 is 5.28. The number of benzene rings is 2. The number of carbonyl (C=O) groups excluding carboxylic acids is 1. The van der Waals surface area contributed by atoms with E-state index in [1.54, 1.807) is 19.2 Å². The lowest BCUT2D eigenvalue weighted by atomic mass is 10.0. The first kappa shape index (κ1) is 13.9. The molecule has 0 saturated heterocycles. The van der Waals surface area contributed by atoms with Gasteiger partial charge in [0, 0.05) is 44.5 Å². The van der Waals surface area contributed by atoms with Gasteiger partial charge in [-0.1, -0.05) is 11.6 Å². The molecule has 0 aliphatic carbocycles. The number of fused-ring (bicyclic) bond motifs is 2. The van der Waals surface area contributed by atoms with Crippen LogP contribution in [0.3, 0.4) is 0 Å². The molecule has 3 aromatic rings. The summed E-state index contributed by atoms with van der Waals surface area (Å²) in [5, 5.41) is 4.46. The molecule has 2 N–H and O–H groups in total. The number of hydrogen-bond acceptors (Lipinski definition) is 2. The maximum absolute atomic E-state index is 12.3. The summed E-state index contributed by atoms with van der Waals surface area (Å²) in [5.74, 6) is 0.649. The molecule has 1 aromatic heterocycles. The minimum absolute atomic E-state index is 0.125. The van der Waals surface area contributed by atoms with E-state index < -0.39 is 0 Å². The van der Waals surface area contributed by atoms with Crippen molar-refractivity contribution in [2.45, 2.75) is 0 Å². The van der Waals surface area contributed by atoms with Crippen molar-refractivity contribution < 1.29 is 9.53 Å². The van der Waals surface area contributed by atoms with Gasteiger partial charge in [-0.25, -0.2) is 0 Å². The van der Waals surface area contributed by atoms with Gasteiger partial charge in [-0.05, 0) is 42.5 Å². The Kier molecular flexibility index (Phi) is 3.13. The molecule has 0 atom stereocenters. The topological polar surface area (TPSA) is 54.1 Å². The van der Waals surface area contributed by atoms with Crippen LogP contribution in [-0.4, -0.2) is 18.0 Å². The molecular formula is C18H13ClN2O2. The Morgan fingerprint density at radius 3 is 2.87 bits per heavy atom. The third-order valence-electron chi connectivity index (χ3n) is 3.99. The fourth-order valence-electron chi connectivity index (χ4n) is 2.83. The number of amides is 1. The SMILES string of the molecule is COc1ccc2[nH]cc(/C=C3/C(=O)Nc4ccc(Cl)cc43)c2c1. The number of rotatable bonds is 2. The molecule has 5 heteroatoms. The molecule has 1 aliphatic heterocycles. The lowest BCUT2D eigenvalue weighted by Crippen LogP contribution is -2.03. The van der Waals surface area contributed by atoms with Crippen molar-refractivity contribution in [3.05, 3.63) is 58.7 Å². The summed E-state index contributed by atoms with van der Waals surface area (Å²) in [6, 6.07) is 11.2. The first-order valence-corrected chi connectivity index (χ1v) is 7.51. The van der Waals surface area contributed by atoms with E-state index in [-0.39, 0.29) is 5.91 Å². The lowest BCUT2D eigenvalue weighted by Gasteiger charge is -2.01. The Morgan fingerprint density at radius 2 is 2.04 bits per heavy atom. The van der Waals surface area contributed by atoms with E-state index >= 15 is 0 Å². The second kappa shape index (κ2) is 5.18. The predicted molar refractivity (Wildman–Crippen MR) is 92.8 cm³/mol. The molecule has 0 saturated carbocycles.